The van der Waals surface area contributed by atoms with Gasteiger partial charge < -0.3 is 14.8 Å². The Kier molecular flexibility index (Phi) is 5.83. The van der Waals surface area contributed by atoms with E-state index in [1.807, 2.05) is 6.07 Å². The molecule has 1 atom stereocenters. The predicted molar refractivity (Wildman–Crippen MR) is 79.6 cm³/mol. The average Bonchev–Trinajstić information content (AvgIpc) is 2.35. The zero-order chi connectivity index (χ0) is 14.5. The van der Waals surface area contributed by atoms with Crippen molar-refractivity contribution in [2.75, 3.05) is 13.7 Å². The fourth-order valence-electron chi connectivity index (χ4n) is 1.90. The molecule has 1 N–H and O–H groups in total. The van der Waals surface area contributed by atoms with Crippen LogP contribution in [0.2, 0.25) is 0 Å². The van der Waals surface area contributed by atoms with Crippen molar-refractivity contribution < 1.29 is 9.47 Å². The minimum atomic E-state index is -0.145. The van der Waals surface area contributed by atoms with Crippen molar-refractivity contribution in [2.45, 2.75) is 52.9 Å². The lowest BCUT2D eigenvalue weighted by Crippen LogP contribution is -2.20. The molecule has 0 aromatic heterocycles. The summed E-state index contributed by atoms with van der Waals surface area (Å²) in [6, 6.07) is 6.62. The Bertz CT molecular complexity index is 396. The van der Waals surface area contributed by atoms with Gasteiger partial charge in [0.05, 0.1) is 19.3 Å². The van der Waals surface area contributed by atoms with E-state index >= 15 is 0 Å². The van der Waals surface area contributed by atoms with E-state index in [9.17, 15) is 0 Å². The highest BCUT2D eigenvalue weighted by atomic mass is 16.5. The molecule has 108 valence electrons. The highest BCUT2D eigenvalue weighted by Crippen LogP contribution is 2.25. The van der Waals surface area contributed by atoms with Gasteiger partial charge in [-0.3, -0.25) is 0 Å². The molecule has 0 aliphatic heterocycles. The molecule has 1 aromatic carbocycles. The van der Waals surface area contributed by atoms with Gasteiger partial charge in [-0.05, 0) is 51.9 Å². The van der Waals surface area contributed by atoms with Crippen molar-refractivity contribution in [1.82, 2.24) is 5.32 Å². The Morgan fingerprint density at radius 1 is 1.26 bits per heavy atom. The second-order valence-corrected chi connectivity index (χ2v) is 5.75. The van der Waals surface area contributed by atoms with Gasteiger partial charge in [-0.2, -0.15) is 0 Å². The van der Waals surface area contributed by atoms with Crippen LogP contribution < -0.4 is 10.1 Å². The zero-order valence-corrected chi connectivity index (χ0v) is 13.0. The molecular formula is C16H27NO2. The van der Waals surface area contributed by atoms with E-state index in [1.54, 1.807) is 7.11 Å². The second kappa shape index (κ2) is 6.92. The summed E-state index contributed by atoms with van der Waals surface area (Å²) in [5.74, 6) is 0.886. The molecule has 1 aromatic rings. The maximum atomic E-state index is 5.85. The molecule has 0 saturated heterocycles. The van der Waals surface area contributed by atoms with Crippen LogP contribution in [0.25, 0.3) is 0 Å². The lowest BCUT2D eigenvalue weighted by atomic mass is 10.0. The predicted octanol–water partition coefficient (Wildman–Crippen LogP) is 3.68. The maximum Gasteiger partial charge on any atom is 0.124 e. The van der Waals surface area contributed by atoms with Crippen molar-refractivity contribution in [2.24, 2.45) is 0 Å². The van der Waals surface area contributed by atoms with Gasteiger partial charge in [-0.25, -0.2) is 0 Å². The monoisotopic (exact) mass is 265 g/mol. The number of hydrogen-bond acceptors (Lipinski definition) is 3. The molecule has 0 fully saturated rings. The van der Waals surface area contributed by atoms with E-state index in [4.69, 9.17) is 9.47 Å². The molecule has 1 unspecified atom stereocenters. The van der Waals surface area contributed by atoms with Gasteiger partial charge in [-0.15, -0.1) is 0 Å². The summed E-state index contributed by atoms with van der Waals surface area (Å²) < 4.78 is 11.3. The highest BCUT2D eigenvalue weighted by Gasteiger charge is 2.14. The summed E-state index contributed by atoms with van der Waals surface area (Å²) in [5.41, 5.74) is 2.21. The van der Waals surface area contributed by atoms with Crippen molar-refractivity contribution >= 4 is 0 Å². The summed E-state index contributed by atoms with van der Waals surface area (Å²) >= 11 is 0. The Morgan fingerprint density at radius 3 is 2.47 bits per heavy atom. The van der Waals surface area contributed by atoms with Crippen molar-refractivity contribution in [3.63, 3.8) is 0 Å². The van der Waals surface area contributed by atoms with E-state index in [0.29, 0.717) is 12.6 Å². The van der Waals surface area contributed by atoms with Gasteiger partial charge in [0.1, 0.15) is 5.75 Å². The van der Waals surface area contributed by atoms with Gasteiger partial charge >= 0.3 is 0 Å². The van der Waals surface area contributed by atoms with Crippen LogP contribution in [0.1, 0.15) is 51.8 Å². The molecule has 3 heteroatoms. The minimum Gasteiger partial charge on any atom is -0.496 e. The van der Waals surface area contributed by atoms with Gasteiger partial charge in [-0.1, -0.05) is 13.0 Å². The molecule has 0 aliphatic rings. The fraction of sp³-hybridized carbons (Fsp3) is 0.625. The molecule has 0 bridgehead atoms. The second-order valence-electron chi connectivity index (χ2n) is 5.75. The molecular weight excluding hydrogens is 238 g/mol. The quantitative estimate of drug-likeness (QED) is 0.851. The Labute approximate surface area is 117 Å². The minimum absolute atomic E-state index is 0.145. The number of benzene rings is 1. The summed E-state index contributed by atoms with van der Waals surface area (Å²) in [7, 11) is 1.70. The van der Waals surface area contributed by atoms with Crippen LogP contribution in [0, 0.1) is 0 Å². The fourth-order valence-corrected chi connectivity index (χ4v) is 1.90. The van der Waals surface area contributed by atoms with E-state index in [-0.39, 0.29) is 5.60 Å². The SMILES string of the molecule is CCNC(C)c1ccc(OC)c(COC(C)(C)C)c1. The lowest BCUT2D eigenvalue weighted by molar-refractivity contribution is -0.0156. The number of rotatable bonds is 6. The third-order valence-electron chi connectivity index (χ3n) is 2.98. The smallest absolute Gasteiger partial charge is 0.124 e. The number of nitrogens with one attached hydrogen (secondary N) is 1. The van der Waals surface area contributed by atoms with Gasteiger partial charge in [0.25, 0.3) is 0 Å². The van der Waals surface area contributed by atoms with Crippen LogP contribution >= 0.6 is 0 Å². The first-order chi connectivity index (χ1) is 8.87. The maximum absolute atomic E-state index is 5.85. The van der Waals surface area contributed by atoms with Crippen LogP contribution in [0.15, 0.2) is 18.2 Å². The molecule has 1 rings (SSSR count). The summed E-state index contributed by atoms with van der Waals surface area (Å²) in [6.07, 6.45) is 0. The third kappa shape index (κ3) is 5.21. The molecule has 0 spiro atoms. The Balaban J connectivity index is 2.89. The molecule has 0 saturated carbocycles. The number of methoxy groups -OCH3 is 1. The van der Waals surface area contributed by atoms with E-state index < -0.39 is 0 Å². The van der Waals surface area contributed by atoms with Crippen LogP contribution in [0.4, 0.5) is 0 Å². The molecule has 0 heterocycles. The van der Waals surface area contributed by atoms with Crippen molar-refractivity contribution in [3.8, 4) is 5.75 Å². The normalized spacial score (nSPS) is 13.4. The summed E-state index contributed by atoms with van der Waals surface area (Å²) in [5, 5.41) is 3.42. The number of hydrogen-bond donors (Lipinski definition) is 1. The van der Waals surface area contributed by atoms with Crippen LogP contribution in [-0.2, 0) is 11.3 Å². The molecule has 0 amide bonds. The summed E-state index contributed by atoms with van der Waals surface area (Å²) in [4.78, 5) is 0. The molecule has 0 radical (unpaired) electrons. The van der Waals surface area contributed by atoms with E-state index in [0.717, 1.165) is 17.9 Å². The topological polar surface area (TPSA) is 30.5 Å². The Morgan fingerprint density at radius 2 is 1.95 bits per heavy atom. The first kappa shape index (κ1) is 16.0. The average molecular weight is 265 g/mol. The van der Waals surface area contributed by atoms with E-state index in [1.165, 1.54) is 5.56 Å². The largest absolute Gasteiger partial charge is 0.496 e. The first-order valence-corrected chi connectivity index (χ1v) is 6.91. The van der Waals surface area contributed by atoms with Gasteiger partial charge in [0.2, 0.25) is 0 Å². The Hall–Kier alpha value is -1.06. The number of ether oxygens (including phenoxy) is 2. The zero-order valence-electron chi connectivity index (χ0n) is 13.0. The van der Waals surface area contributed by atoms with Crippen molar-refractivity contribution in [3.05, 3.63) is 29.3 Å². The summed E-state index contributed by atoms with van der Waals surface area (Å²) in [6.45, 7) is 12.0. The van der Waals surface area contributed by atoms with Crippen LogP contribution in [0.5, 0.6) is 5.75 Å². The third-order valence-corrected chi connectivity index (χ3v) is 2.98. The van der Waals surface area contributed by atoms with Gasteiger partial charge in [0.15, 0.2) is 0 Å². The van der Waals surface area contributed by atoms with Crippen LogP contribution in [-0.4, -0.2) is 19.3 Å². The molecule has 3 nitrogen and oxygen atoms in total. The lowest BCUT2D eigenvalue weighted by Gasteiger charge is -2.21. The van der Waals surface area contributed by atoms with Crippen molar-refractivity contribution in [1.29, 1.82) is 0 Å². The molecule has 19 heavy (non-hydrogen) atoms. The first-order valence-electron chi connectivity index (χ1n) is 6.91. The van der Waals surface area contributed by atoms with Crippen LogP contribution in [0.3, 0.4) is 0 Å². The van der Waals surface area contributed by atoms with Gasteiger partial charge in [0, 0.05) is 11.6 Å². The van der Waals surface area contributed by atoms with E-state index in [2.05, 4.69) is 52.1 Å². The molecule has 0 aliphatic carbocycles. The highest BCUT2D eigenvalue weighted by molar-refractivity contribution is 5.38. The standard InChI is InChI=1S/C16H27NO2/c1-7-17-12(2)13-8-9-15(18-6)14(10-13)11-19-16(3,4)5/h8-10,12,17H,7,11H2,1-6H3.